The molecule has 8 nitrogen and oxygen atoms in total. The maximum absolute atomic E-state index is 13.0. The number of aryl methyl sites for hydroxylation is 1. The van der Waals surface area contributed by atoms with Crippen molar-refractivity contribution in [3.05, 3.63) is 64.1 Å². The lowest BCUT2D eigenvalue weighted by Gasteiger charge is -2.12. The highest BCUT2D eigenvalue weighted by Crippen LogP contribution is 2.23. The average Bonchev–Trinajstić information content (AvgIpc) is 3.05. The van der Waals surface area contributed by atoms with Gasteiger partial charge in [-0.2, -0.15) is 13.9 Å². The largest absolute Gasteiger partial charge is 0.363 e. The average molecular weight is 401 g/mol. The third-order valence-corrected chi connectivity index (χ3v) is 4.43. The number of pyridine rings is 2. The molecule has 3 aromatic heterocycles. The zero-order valence-corrected chi connectivity index (χ0v) is 16.3. The standard InChI is InChI=1S/C19H21F2N7O/c1-11-6-14(12-4-5-15(23-9-12)27(2)3)10-24-18(11)28-16(25-26-19(28)29)7-13(8-22)17(20)21/h4-6,9-10H,7-8,22H2,1-3H3,(H,26,29). The highest BCUT2D eigenvalue weighted by atomic mass is 19.3. The fraction of sp³-hybridized carbons (Fsp3) is 0.263. The minimum absolute atomic E-state index is 0.114. The number of anilines is 1. The number of aromatic nitrogens is 5. The Bertz CT molecular complexity index is 1100. The topological polar surface area (TPSA) is 106 Å². The van der Waals surface area contributed by atoms with Crippen LogP contribution in [0.2, 0.25) is 0 Å². The summed E-state index contributed by atoms with van der Waals surface area (Å²) in [6.07, 6.45) is 1.22. The number of aromatic amines is 1. The summed E-state index contributed by atoms with van der Waals surface area (Å²) in [6, 6.07) is 5.67. The molecule has 0 saturated heterocycles. The van der Waals surface area contributed by atoms with E-state index in [0.717, 1.165) is 16.9 Å². The highest BCUT2D eigenvalue weighted by molar-refractivity contribution is 5.64. The van der Waals surface area contributed by atoms with E-state index < -0.39 is 11.8 Å². The molecule has 0 aliphatic heterocycles. The van der Waals surface area contributed by atoms with Crippen LogP contribution in [0.25, 0.3) is 16.9 Å². The van der Waals surface area contributed by atoms with E-state index in [4.69, 9.17) is 5.73 Å². The van der Waals surface area contributed by atoms with Gasteiger partial charge in [-0.15, -0.1) is 0 Å². The van der Waals surface area contributed by atoms with Gasteiger partial charge in [0.05, 0.1) is 0 Å². The van der Waals surface area contributed by atoms with Crippen molar-refractivity contribution in [2.75, 3.05) is 25.5 Å². The first-order valence-electron chi connectivity index (χ1n) is 8.82. The Morgan fingerprint density at radius 2 is 1.93 bits per heavy atom. The molecule has 0 bridgehead atoms. The van der Waals surface area contributed by atoms with Crippen LogP contribution in [0.15, 0.2) is 47.0 Å². The smallest absolute Gasteiger partial charge is 0.349 e. The molecule has 0 radical (unpaired) electrons. The SMILES string of the molecule is Cc1cc(-c2ccc(N(C)C)nc2)cnc1-n1c(CC(CN)=C(F)F)n[nH]c1=O. The fourth-order valence-electron chi connectivity index (χ4n) is 2.85. The number of hydrogen-bond donors (Lipinski definition) is 2. The minimum atomic E-state index is -1.87. The lowest BCUT2D eigenvalue weighted by Crippen LogP contribution is -2.20. The van der Waals surface area contributed by atoms with Gasteiger partial charge in [-0.25, -0.2) is 24.4 Å². The molecular formula is C19H21F2N7O. The molecule has 3 aromatic rings. The third-order valence-electron chi connectivity index (χ3n) is 4.43. The van der Waals surface area contributed by atoms with Crippen LogP contribution < -0.4 is 16.3 Å². The first kappa shape index (κ1) is 20.3. The Kier molecular flexibility index (Phi) is 5.83. The summed E-state index contributed by atoms with van der Waals surface area (Å²) in [5.74, 6) is 1.26. The van der Waals surface area contributed by atoms with Crippen molar-refractivity contribution in [2.45, 2.75) is 13.3 Å². The predicted molar refractivity (Wildman–Crippen MR) is 106 cm³/mol. The number of rotatable bonds is 6. The molecule has 3 N–H and O–H groups in total. The van der Waals surface area contributed by atoms with Crippen molar-refractivity contribution in [1.29, 1.82) is 0 Å². The number of halogens is 2. The molecule has 0 unspecified atom stereocenters. The van der Waals surface area contributed by atoms with Crippen molar-refractivity contribution in [2.24, 2.45) is 5.73 Å². The quantitative estimate of drug-likeness (QED) is 0.655. The van der Waals surface area contributed by atoms with Gasteiger partial charge >= 0.3 is 5.69 Å². The van der Waals surface area contributed by atoms with Crippen molar-refractivity contribution >= 4 is 5.82 Å². The molecule has 0 amide bonds. The van der Waals surface area contributed by atoms with E-state index in [1.807, 2.05) is 37.2 Å². The number of nitrogens with one attached hydrogen (secondary N) is 1. The van der Waals surface area contributed by atoms with E-state index in [0.29, 0.717) is 11.4 Å². The maximum Gasteiger partial charge on any atom is 0.349 e. The molecule has 0 atom stereocenters. The van der Waals surface area contributed by atoms with Gasteiger partial charge in [-0.1, -0.05) is 0 Å². The summed E-state index contributed by atoms with van der Waals surface area (Å²) in [5.41, 5.74) is 6.90. The summed E-state index contributed by atoms with van der Waals surface area (Å²) in [6.45, 7) is 1.46. The summed E-state index contributed by atoms with van der Waals surface area (Å²) >= 11 is 0. The molecule has 0 aliphatic carbocycles. The second-order valence-electron chi connectivity index (χ2n) is 6.69. The molecular weight excluding hydrogens is 380 g/mol. The Labute approximate surface area is 165 Å². The van der Waals surface area contributed by atoms with Crippen molar-refractivity contribution in [3.8, 4) is 16.9 Å². The van der Waals surface area contributed by atoms with E-state index in [1.165, 1.54) is 4.57 Å². The Morgan fingerprint density at radius 1 is 1.21 bits per heavy atom. The van der Waals surface area contributed by atoms with Gasteiger partial charge in [0.1, 0.15) is 17.5 Å². The van der Waals surface area contributed by atoms with Crippen LogP contribution in [0.4, 0.5) is 14.6 Å². The Hall–Kier alpha value is -3.40. The van der Waals surface area contributed by atoms with E-state index >= 15 is 0 Å². The summed E-state index contributed by atoms with van der Waals surface area (Å²) < 4.78 is 27.1. The summed E-state index contributed by atoms with van der Waals surface area (Å²) in [4.78, 5) is 22.9. The van der Waals surface area contributed by atoms with Crippen molar-refractivity contribution in [1.82, 2.24) is 24.7 Å². The normalized spacial score (nSPS) is 10.8. The molecule has 0 spiro atoms. The van der Waals surface area contributed by atoms with Gasteiger partial charge in [-0.05, 0) is 30.7 Å². The lowest BCUT2D eigenvalue weighted by molar-refractivity contribution is 0.407. The van der Waals surface area contributed by atoms with E-state index in [-0.39, 0.29) is 24.4 Å². The molecule has 10 heteroatoms. The van der Waals surface area contributed by atoms with Gasteiger partial charge < -0.3 is 10.6 Å². The van der Waals surface area contributed by atoms with Crippen molar-refractivity contribution in [3.63, 3.8) is 0 Å². The molecule has 0 fully saturated rings. The first-order chi connectivity index (χ1) is 13.8. The third kappa shape index (κ3) is 4.21. The Morgan fingerprint density at radius 3 is 2.48 bits per heavy atom. The van der Waals surface area contributed by atoms with Crippen LogP contribution in [-0.2, 0) is 6.42 Å². The van der Waals surface area contributed by atoms with E-state index in [2.05, 4.69) is 20.2 Å². The molecule has 0 aliphatic rings. The zero-order valence-electron chi connectivity index (χ0n) is 16.3. The molecule has 152 valence electrons. The predicted octanol–water partition coefficient (Wildman–Crippen LogP) is 2.04. The Balaban J connectivity index is 1.99. The van der Waals surface area contributed by atoms with Gasteiger partial charge in [-0.3, -0.25) is 0 Å². The zero-order chi connectivity index (χ0) is 21.1. The number of H-pyrrole nitrogens is 1. The summed E-state index contributed by atoms with van der Waals surface area (Å²) in [5, 5.41) is 6.15. The van der Waals surface area contributed by atoms with Crippen molar-refractivity contribution < 1.29 is 8.78 Å². The molecule has 3 heterocycles. The van der Waals surface area contributed by atoms with Gasteiger partial charge in [0, 0.05) is 56.2 Å². The number of hydrogen-bond acceptors (Lipinski definition) is 6. The molecule has 0 aromatic carbocycles. The minimum Gasteiger partial charge on any atom is -0.363 e. The van der Waals surface area contributed by atoms with Crippen LogP contribution >= 0.6 is 0 Å². The second kappa shape index (κ2) is 8.31. The van der Waals surface area contributed by atoms with Crippen LogP contribution in [0.3, 0.4) is 0 Å². The maximum atomic E-state index is 13.0. The second-order valence-corrected chi connectivity index (χ2v) is 6.69. The number of nitrogens with zero attached hydrogens (tertiary/aromatic N) is 5. The van der Waals surface area contributed by atoms with Crippen LogP contribution in [0.1, 0.15) is 11.4 Å². The van der Waals surface area contributed by atoms with Gasteiger partial charge in [0.25, 0.3) is 6.08 Å². The monoisotopic (exact) mass is 401 g/mol. The van der Waals surface area contributed by atoms with Crippen LogP contribution in [0.5, 0.6) is 0 Å². The lowest BCUT2D eigenvalue weighted by atomic mass is 10.1. The summed E-state index contributed by atoms with van der Waals surface area (Å²) in [7, 11) is 3.81. The molecule has 29 heavy (non-hydrogen) atoms. The van der Waals surface area contributed by atoms with E-state index in [1.54, 1.807) is 19.3 Å². The highest BCUT2D eigenvalue weighted by Gasteiger charge is 2.17. The fourth-order valence-corrected chi connectivity index (χ4v) is 2.85. The van der Waals surface area contributed by atoms with Gasteiger partial charge in [0.15, 0.2) is 0 Å². The number of nitrogens with two attached hydrogens (primary N) is 1. The molecule has 3 rings (SSSR count). The van der Waals surface area contributed by atoms with Gasteiger partial charge in [0.2, 0.25) is 0 Å². The van der Waals surface area contributed by atoms with Crippen LogP contribution in [-0.4, -0.2) is 45.4 Å². The van der Waals surface area contributed by atoms with Crippen LogP contribution in [0, 0.1) is 6.92 Å². The first-order valence-corrected chi connectivity index (χ1v) is 8.82. The molecule has 0 saturated carbocycles. The van der Waals surface area contributed by atoms with E-state index in [9.17, 15) is 13.6 Å².